The molecule has 1 fully saturated rings. The van der Waals surface area contributed by atoms with Crippen LogP contribution in [0.4, 0.5) is 0 Å². The van der Waals surface area contributed by atoms with Gasteiger partial charge in [-0.2, -0.15) is 4.80 Å². The Hall–Kier alpha value is -3.37. The third-order valence-corrected chi connectivity index (χ3v) is 8.57. The molecule has 1 aromatic heterocycles. The van der Waals surface area contributed by atoms with E-state index in [1.54, 1.807) is 0 Å². The summed E-state index contributed by atoms with van der Waals surface area (Å²) < 4.78 is 28.7. The smallest absolute Gasteiger partial charge is 0.241 e. The first-order valence-corrected chi connectivity index (χ1v) is 12.6. The van der Waals surface area contributed by atoms with Crippen molar-refractivity contribution in [3.05, 3.63) is 89.8 Å². The minimum Gasteiger partial charge on any atom is -0.368 e. The molecule has 0 bridgehead atoms. The summed E-state index contributed by atoms with van der Waals surface area (Å²) in [6.07, 6.45) is 2.42. The highest BCUT2D eigenvalue weighted by molar-refractivity contribution is 7.89. The molecular formula is C24H28N6O3S. The number of piperidine rings is 1. The van der Waals surface area contributed by atoms with Gasteiger partial charge in [-0.05, 0) is 36.1 Å². The van der Waals surface area contributed by atoms with Gasteiger partial charge in [0.2, 0.25) is 15.9 Å². The lowest BCUT2D eigenvalue weighted by atomic mass is 9.72. The summed E-state index contributed by atoms with van der Waals surface area (Å²) in [7, 11) is -3.67. The van der Waals surface area contributed by atoms with Crippen LogP contribution in [0.25, 0.3) is 0 Å². The van der Waals surface area contributed by atoms with Crippen molar-refractivity contribution >= 4 is 15.9 Å². The molecule has 34 heavy (non-hydrogen) atoms. The average Bonchev–Trinajstić information content (AvgIpc) is 3.29. The van der Waals surface area contributed by atoms with E-state index in [4.69, 9.17) is 5.73 Å². The number of hydrogen-bond acceptors (Lipinski definition) is 6. The molecule has 1 amide bonds. The van der Waals surface area contributed by atoms with E-state index < -0.39 is 26.6 Å². The summed E-state index contributed by atoms with van der Waals surface area (Å²) in [6, 6.07) is 17.2. The number of aryl methyl sites for hydroxylation is 1. The lowest BCUT2D eigenvalue weighted by molar-refractivity contribution is -0.119. The van der Waals surface area contributed by atoms with Crippen molar-refractivity contribution in [2.45, 2.75) is 37.0 Å². The number of benzene rings is 2. The van der Waals surface area contributed by atoms with E-state index in [-0.39, 0.29) is 19.6 Å². The van der Waals surface area contributed by atoms with Crippen molar-refractivity contribution in [1.29, 1.82) is 0 Å². The van der Waals surface area contributed by atoms with Gasteiger partial charge in [0.15, 0.2) is 5.82 Å². The molecule has 0 spiro atoms. The Bertz CT molecular complexity index is 1260. The number of amides is 1. The van der Waals surface area contributed by atoms with Gasteiger partial charge in [0.1, 0.15) is 11.8 Å². The summed E-state index contributed by atoms with van der Waals surface area (Å²) in [5, 5.41) is 11.8. The van der Waals surface area contributed by atoms with Gasteiger partial charge in [0.05, 0.1) is 5.41 Å². The summed E-state index contributed by atoms with van der Waals surface area (Å²) in [6.45, 7) is 6.17. The molecule has 2 aromatic carbocycles. The number of hydrogen-bond donors (Lipinski definition) is 1. The monoisotopic (exact) mass is 480 g/mol. The topological polar surface area (TPSA) is 124 Å². The zero-order valence-corrected chi connectivity index (χ0v) is 19.9. The van der Waals surface area contributed by atoms with Gasteiger partial charge < -0.3 is 5.73 Å². The van der Waals surface area contributed by atoms with Crippen LogP contribution < -0.4 is 5.73 Å². The van der Waals surface area contributed by atoms with Gasteiger partial charge in [-0.25, -0.2) is 12.7 Å². The first kappa shape index (κ1) is 23.8. The molecule has 1 saturated heterocycles. The minimum atomic E-state index is -3.67. The van der Waals surface area contributed by atoms with Gasteiger partial charge in [-0.1, -0.05) is 66.2 Å². The SMILES string of the molecule is C=CC(c1ccc(C)cc1)S(=O)(=O)N1CCC(c2ccccc2)(c2nnn(CC(N)=O)n2)CC1. The molecule has 2 N–H and O–H groups in total. The summed E-state index contributed by atoms with van der Waals surface area (Å²) in [4.78, 5) is 12.5. The zero-order chi connectivity index (χ0) is 24.3. The van der Waals surface area contributed by atoms with E-state index in [1.165, 1.54) is 15.2 Å². The van der Waals surface area contributed by atoms with Crippen LogP contribution in [0.15, 0.2) is 67.3 Å². The summed E-state index contributed by atoms with van der Waals surface area (Å²) in [5.41, 5.74) is 7.37. The molecule has 10 heteroatoms. The molecule has 3 aromatic rings. The number of aromatic nitrogens is 4. The van der Waals surface area contributed by atoms with Crippen LogP contribution in [-0.4, -0.2) is 51.9 Å². The van der Waals surface area contributed by atoms with Crippen LogP contribution in [0.5, 0.6) is 0 Å². The van der Waals surface area contributed by atoms with E-state index in [1.807, 2.05) is 61.5 Å². The maximum Gasteiger partial charge on any atom is 0.241 e. The van der Waals surface area contributed by atoms with Crippen LogP contribution in [0, 0.1) is 6.92 Å². The standard InChI is InChI=1S/C24H28N6O3S/c1-3-21(19-11-9-18(2)10-12-19)34(32,33)29-15-13-24(14-16-29,20-7-5-4-6-8-20)23-26-28-30(27-23)17-22(25)31/h3-12,21H,1,13-17H2,2H3,(H2,25,31). The third kappa shape index (κ3) is 4.51. The van der Waals surface area contributed by atoms with E-state index in [0.29, 0.717) is 24.2 Å². The number of nitrogens with zero attached hydrogens (tertiary/aromatic N) is 5. The maximum atomic E-state index is 13.6. The second-order valence-electron chi connectivity index (χ2n) is 8.57. The largest absolute Gasteiger partial charge is 0.368 e. The summed E-state index contributed by atoms with van der Waals surface area (Å²) in [5.74, 6) is -0.110. The second kappa shape index (κ2) is 9.47. The zero-order valence-electron chi connectivity index (χ0n) is 19.0. The normalized spacial score (nSPS) is 17.2. The van der Waals surface area contributed by atoms with E-state index in [9.17, 15) is 13.2 Å². The van der Waals surface area contributed by atoms with Crippen LogP contribution in [0.2, 0.25) is 0 Å². The Labute approximate surface area is 199 Å². The Kier molecular flexibility index (Phi) is 6.63. The highest BCUT2D eigenvalue weighted by atomic mass is 32.2. The van der Waals surface area contributed by atoms with E-state index >= 15 is 0 Å². The molecule has 1 unspecified atom stereocenters. The minimum absolute atomic E-state index is 0.171. The van der Waals surface area contributed by atoms with Gasteiger partial charge >= 0.3 is 0 Å². The molecule has 1 aliphatic rings. The molecular weight excluding hydrogens is 452 g/mol. The fourth-order valence-electron chi connectivity index (χ4n) is 4.51. The molecule has 0 radical (unpaired) electrons. The fraction of sp³-hybridized carbons (Fsp3) is 0.333. The maximum absolute atomic E-state index is 13.6. The van der Waals surface area contributed by atoms with Gasteiger partial charge in [0, 0.05) is 13.1 Å². The molecule has 0 aliphatic carbocycles. The predicted octanol–water partition coefficient (Wildman–Crippen LogP) is 2.11. The van der Waals surface area contributed by atoms with Crippen molar-refractivity contribution in [2.75, 3.05) is 13.1 Å². The van der Waals surface area contributed by atoms with Crippen molar-refractivity contribution in [3.8, 4) is 0 Å². The van der Waals surface area contributed by atoms with Crippen molar-refractivity contribution in [1.82, 2.24) is 24.5 Å². The number of carbonyl (C=O) groups is 1. The van der Waals surface area contributed by atoms with Gasteiger partial charge in [-0.3, -0.25) is 4.79 Å². The Balaban J connectivity index is 1.63. The Morgan fingerprint density at radius 2 is 1.79 bits per heavy atom. The number of primary amides is 1. The number of carbonyl (C=O) groups excluding carboxylic acids is 1. The van der Waals surface area contributed by atoms with Crippen LogP contribution in [-0.2, 0) is 26.8 Å². The van der Waals surface area contributed by atoms with Crippen LogP contribution in [0.1, 0.15) is 40.6 Å². The van der Waals surface area contributed by atoms with Crippen LogP contribution in [0.3, 0.4) is 0 Å². The third-order valence-electron chi connectivity index (χ3n) is 6.38. The van der Waals surface area contributed by atoms with Crippen molar-refractivity contribution in [3.63, 3.8) is 0 Å². The fourth-order valence-corrected chi connectivity index (χ4v) is 6.27. The predicted molar refractivity (Wildman–Crippen MR) is 128 cm³/mol. The molecule has 9 nitrogen and oxygen atoms in total. The van der Waals surface area contributed by atoms with Gasteiger partial charge in [0.25, 0.3) is 0 Å². The molecule has 178 valence electrons. The number of rotatable bonds is 8. The lowest BCUT2D eigenvalue weighted by Gasteiger charge is -2.40. The number of nitrogens with two attached hydrogens (primary N) is 1. The van der Waals surface area contributed by atoms with Gasteiger partial charge in [-0.15, -0.1) is 16.8 Å². The lowest BCUT2D eigenvalue weighted by Crippen LogP contribution is -2.47. The van der Waals surface area contributed by atoms with Crippen molar-refractivity contribution < 1.29 is 13.2 Å². The van der Waals surface area contributed by atoms with E-state index in [0.717, 1.165) is 11.1 Å². The molecule has 0 saturated carbocycles. The first-order chi connectivity index (χ1) is 16.3. The van der Waals surface area contributed by atoms with Crippen molar-refractivity contribution in [2.24, 2.45) is 5.73 Å². The average molecular weight is 481 g/mol. The number of tetrazole rings is 1. The first-order valence-electron chi connectivity index (χ1n) is 11.1. The highest BCUT2D eigenvalue weighted by Crippen LogP contribution is 2.41. The van der Waals surface area contributed by atoms with Crippen LogP contribution >= 0.6 is 0 Å². The quantitative estimate of drug-likeness (QED) is 0.493. The highest BCUT2D eigenvalue weighted by Gasteiger charge is 2.45. The molecule has 1 aliphatic heterocycles. The Morgan fingerprint density at radius 3 is 2.38 bits per heavy atom. The number of sulfonamides is 1. The second-order valence-corrected chi connectivity index (χ2v) is 10.6. The molecule has 4 rings (SSSR count). The molecule has 1 atom stereocenters. The molecule has 2 heterocycles. The Morgan fingerprint density at radius 1 is 1.15 bits per heavy atom. The van der Waals surface area contributed by atoms with E-state index in [2.05, 4.69) is 22.0 Å². The summed E-state index contributed by atoms with van der Waals surface area (Å²) >= 11 is 0.